The number of thioether (sulfide) groups is 1. The van der Waals surface area contributed by atoms with Crippen molar-refractivity contribution >= 4 is 23.2 Å². The Bertz CT molecular complexity index is 717. The SMILES string of the molecule is O=C(CSc1ncc2ccccn12)NC1CCC2(CC1)OCCO2. The molecular formula is C17H21N3O3S. The molecule has 2 aliphatic rings. The predicted octanol–water partition coefficient (Wildman–Crippen LogP) is 2.23. The molecule has 0 atom stereocenters. The monoisotopic (exact) mass is 347 g/mol. The summed E-state index contributed by atoms with van der Waals surface area (Å²) in [6.45, 7) is 1.37. The molecule has 1 saturated carbocycles. The van der Waals surface area contributed by atoms with E-state index in [2.05, 4.69) is 10.3 Å². The number of pyridine rings is 1. The molecule has 0 bridgehead atoms. The fourth-order valence-corrected chi connectivity index (χ4v) is 4.19. The first-order chi connectivity index (χ1) is 11.7. The number of ether oxygens (including phenoxy) is 2. The minimum atomic E-state index is -0.370. The lowest BCUT2D eigenvalue weighted by Crippen LogP contribution is -2.44. The molecule has 1 aliphatic carbocycles. The van der Waals surface area contributed by atoms with Crippen LogP contribution in [-0.2, 0) is 14.3 Å². The Labute approximate surface area is 144 Å². The van der Waals surface area contributed by atoms with Gasteiger partial charge in [0.1, 0.15) is 0 Å². The predicted molar refractivity (Wildman–Crippen MR) is 90.9 cm³/mol. The number of imidazole rings is 1. The molecule has 24 heavy (non-hydrogen) atoms. The number of amides is 1. The summed E-state index contributed by atoms with van der Waals surface area (Å²) in [6, 6.07) is 6.16. The molecule has 1 N–H and O–H groups in total. The first kappa shape index (κ1) is 15.9. The van der Waals surface area contributed by atoms with Crippen LogP contribution in [0.25, 0.3) is 5.52 Å². The van der Waals surface area contributed by atoms with E-state index in [4.69, 9.17) is 9.47 Å². The lowest BCUT2D eigenvalue weighted by Gasteiger charge is -2.35. The smallest absolute Gasteiger partial charge is 0.230 e. The van der Waals surface area contributed by atoms with Crippen molar-refractivity contribution in [3.05, 3.63) is 30.6 Å². The number of carbonyl (C=O) groups excluding carboxylic acids is 1. The highest BCUT2D eigenvalue weighted by molar-refractivity contribution is 7.99. The van der Waals surface area contributed by atoms with Crippen molar-refractivity contribution in [3.8, 4) is 0 Å². The van der Waals surface area contributed by atoms with Crippen molar-refractivity contribution in [2.24, 2.45) is 0 Å². The Kier molecular flexibility index (Phi) is 4.47. The third-order valence-electron chi connectivity index (χ3n) is 4.66. The lowest BCUT2D eigenvalue weighted by molar-refractivity contribution is -0.179. The maximum absolute atomic E-state index is 12.2. The zero-order valence-corrected chi connectivity index (χ0v) is 14.3. The Morgan fingerprint density at radius 1 is 1.33 bits per heavy atom. The summed E-state index contributed by atoms with van der Waals surface area (Å²) < 4.78 is 13.4. The molecule has 2 aromatic heterocycles. The normalized spacial score (nSPS) is 20.7. The van der Waals surface area contributed by atoms with Gasteiger partial charge in [-0.1, -0.05) is 17.8 Å². The fourth-order valence-electron chi connectivity index (χ4n) is 3.41. The summed E-state index contributed by atoms with van der Waals surface area (Å²) in [5.41, 5.74) is 1.04. The average Bonchev–Trinajstić information content (AvgIpc) is 3.23. The Hall–Kier alpha value is -1.57. The first-order valence-electron chi connectivity index (χ1n) is 8.36. The molecule has 3 heterocycles. The molecule has 1 saturated heterocycles. The van der Waals surface area contributed by atoms with E-state index >= 15 is 0 Å². The van der Waals surface area contributed by atoms with Gasteiger partial charge in [-0.15, -0.1) is 0 Å². The van der Waals surface area contributed by atoms with E-state index in [0.29, 0.717) is 19.0 Å². The van der Waals surface area contributed by atoms with Gasteiger partial charge in [-0.3, -0.25) is 9.20 Å². The number of hydrogen-bond acceptors (Lipinski definition) is 5. The summed E-state index contributed by atoms with van der Waals surface area (Å²) in [5.74, 6) is 0.0646. The second kappa shape index (κ2) is 6.74. The Morgan fingerprint density at radius 2 is 2.12 bits per heavy atom. The number of carbonyl (C=O) groups is 1. The summed E-state index contributed by atoms with van der Waals surface area (Å²) in [6.07, 6.45) is 7.31. The molecule has 128 valence electrons. The molecule has 1 aliphatic heterocycles. The van der Waals surface area contributed by atoms with Gasteiger partial charge in [0.25, 0.3) is 0 Å². The Balaban J connectivity index is 1.27. The van der Waals surface area contributed by atoms with Crippen LogP contribution in [0.4, 0.5) is 0 Å². The van der Waals surface area contributed by atoms with Gasteiger partial charge in [0.15, 0.2) is 10.9 Å². The van der Waals surface area contributed by atoms with Gasteiger partial charge in [-0.2, -0.15) is 0 Å². The average molecular weight is 347 g/mol. The summed E-state index contributed by atoms with van der Waals surface area (Å²) in [5, 5.41) is 3.97. The molecular weight excluding hydrogens is 326 g/mol. The highest BCUT2D eigenvalue weighted by atomic mass is 32.2. The molecule has 0 aromatic carbocycles. The van der Waals surface area contributed by atoms with Gasteiger partial charge < -0.3 is 14.8 Å². The maximum Gasteiger partial charge on any atom is 0.230 e. The third-order valence-corrected chi connectivity index (χ3v) is 5.63. The largest absolute Gasteiger partial charge is 0.353 e. The van der Waals surface area contributed by atoms with Crippen molar-refractivity contribution < 1.29 is 14.3 Å². The van der Waals surface area contributed by atoms with Gasteiger partial charge >= 0.3 is 0 Å². The van der Waals surface area contributed by atoms with Crippen molar-refractivity contribution in [2.75, 3.05) is 19.0 Å². The van der Waals surface area contributed by atoms with Gasteiger partial charge in [-0.25, -0.2) is 4.98 Å². The number of nitrogens with one attached hydrogen (secondary N) is 1. The molecule has 2 fully saturated rings. The highest BCUT2D eigenvalue weighted by Gasteiger charge is 2.40. The van der Waals surface area contributed by atoms with E-state index in [1.54, 1.807) is 0 Å². The van der Waals surface area contributed by atoms with Crippen LogP contribution in [0.15, 0.2) is 35.7 Å². The minimum Gasteiger partial charge on any atom is -0.353 e. The first-order valence-corrected chi connectivity index (χ1v) is 9.35. The summed E-state index contributed by atoms with van der Waals surface area (Å²) >= 11 is 1.46. The van der Waals surface area contributed by atoms with Crippen LogP contribution in [0.5, 0.6) is 0 Å². The highest BCUT2D eigenvalue weighted by Crippen LogP contribution is 2.35. The number of nitrogens with zero attached hydrogens (tertiary/aromatic N) is 2. The van der Waals surface area contributed by atoms with Crippen LogP contribution in [0.3, 0.4) is 0 Å². The van der Waals surface area contributed by atoms with Crippen LogP contribution in [0.1, 0.15) is 25.7 Å². The summed E-state index contributed by atoms with van der Waals surface area (Å²) in [7, 11) is 0. The third kappa shape index (κ3) is 3.29. The molecule has 7 heteroatoms. The van der Waals surface area contributed by atoms with Crippen molar-refractivity contribution in [1.82, 2.24) is 14.7 Å². The number of fused-ring (bicyclic) bond motifs is 1. The molecule has 0 radical (unpaired) electrons. The molecule has 2 aromatic rings. The van der Waals surface area contributed by atoms with E-state index in [1.807, 2.05) is 35.0 Å². The van der Waals surface area contributed by atoms with Crippen molar-refractivity contribution in [2.45, 2.75) is 42.7 Å². The van der Waals surface area contributed by atoms with Crippen molar-refractivity contribution in [3.63, 3.8) is 0 Å². The van der Waals surface area contributed by atoms with E-state index in [1.165, 1.54) is 11.8 Å². The van der Waals surface area contributed by atoms with Gasteiger partial charge in [0.05, 0.1) is 30.7 Å². The van der Waals surface area contributed by atoms with Crippen LogP contribution in [-0.4, -0.2) is 46.1 Å². The van der Waals surface area contributed by atoms with Gasteiger partial charge in [0, 0.05) is 25.1 Å². The summed E-state index contributed by atoms with van der Waals surface area (Å²) in [4.78, 5) is 16.6. The molecule has 1 spiro atoms. The number of hydrogen-bond donors (Lipinski definition) is 1. The van der Waals surface area contributed by atoms with Crippen LogP contribution in [0.2, 0.25) is 0 Å². The second-order valence-corrected chi connectivity index (χ2v) is 7.22. The van der Waals surface area contributed by atoms with E-state index in [-0.39, 0.29) is 17.7 Å². The van der Waals surface area contributed by atoms with E-state index < -0.39 is 0 Å². The van der Waals surface area contributed by atoms with E-state index in [9.17, 15) is 4.79 Å². The van der Waals surface area contributed by atoms with Crippen LogP contribution >= 0.6 is 11.8 Å². The maximum atomic E-state index is 12.2. The topological polar surface area (TPSA) is 64.9 Å². The zero-order chi connectivity index (χ0) is 16.4. The van der Waals surface area contributed by atoms with Crippen LogP contribution < -0.4 is 5.32 Å². The van der Waals surface area contributed by atoms with E-state index in [0.717, 1.165) is 36.4 Å². The van der Waals surface area contributed by atoms with Gasteiger partial charge in [-0.05, 0) is 25.0 Å². The van der Waals surface area contributed by atoms with Crippen LogP contribution in [0, 0.1) is 0 Å². The standard InChI is InChI=1S/C17H21N3O3S/c21-15(12-24-16-18-11-14-3-1-2-8-20(14)16)19-13-4-6-17(7-5-13)22-9-10-23-17/h1-3,8,11,13H,4-7,9-10,12H2,(H,19,21). The quantitative estimate of drug-likeness (QED) is 0.859. The second-order valence-electron chi connectivity index (χ2n) is 6.27. The zero-order valence-electron chi connectivity index (χ0n) is 13.4. The lowest BCUT2D eigenvalue weighted by atomic mass is 9.90. The number of aromatic nitrogens is 2. The molecule has 0 unspecified atom stereocenters. The number of rotatable bonds is 4. The Morgan fingerprint density at radius 3 is 2.92 bits per heavy atom. The fraction of sp³-hybridized carbons (Fsp3) is 0.529. The van der Waals surface area contributed by atoms with Gasteiger partial charge in [0.2, 0.25) is 5.91 Å². The molecule has 1 amide bonds. The molecule has 6 nitrogen and oxygen atoms in total. The minimum absolute atomic E-state index is 0.0573. The van der Waals surface area contributed by atoms with Crippen molar-refractivity contribution in [1.29, 1.82) is 0 Å². The molecule has 4 rings (SSSR count).